The second-order valence-corrected chi connectivity index (χ2v) is 3.62. The van der Waals surface area contributed by atoms with Crippen LogP contribution in [-0.4, -0.2) is 17.0 Å². The van der Waals surface area contributed by atoms with Crippen LogP contribution in [0.25, 0.3) is 0 Å². The lowest BCUT2D eigenvalue weighted by atomic mass is 9.86. The Morgan fingerprint density at radius 1 is 1.64 bits per heavy atom. The molecule has 62 valence electrons. The molecule has 0 aromatic heterocycles. The third-order valence-corrected chi connectivity index (χ3v) is 1.40. The van der Waals surface area contributed by atoms with Crippen molar-refractivity contribution in [3.63, 3.8) is 0 Å². The van der Waals surface area contributed by atoms with E-state index in [1.807, 2.05) is 0 Å². The van der Waals surface area contributed by atoms with E-state index in [0.29, 0.717) is 0 Å². The Hall–Kier alpha value is -0.810. The number of aliphatic hydroxyl groups excluding tert-OH is 1. The number of Topliss-reactive ketones (excluding diaryl/α,β-unsaturated/α-hetero) is 1. The molecule has 0 rings (SSSR count). The van der Waals surface area contributed by atoms with E-state index in [4.69, 9.17) is 6.42 Å². The van der Waals surface area contributed by atoms with Gasteiger partial charge in [0.1, 0.15) is 6.10 Å². The Morgan fingerprint density at radius 3 is 2.36 bits per heavy atom. The first-order valence-electron chi connectivity index (χ1n) is 3.54. The van der Waals surface area contributed by atoms with Crippen LogP contribution < -0.4 is 0 Å². The number of ketones is 1. The van der Waals surface area contributed by atoms with Crippen molar-refractivity contribution < 1.29 is 9.90 Å². The summed E-state index contributed by atoms with van der Waals surface area (Å²) < 4.78 is 0. The van der Waals surface area contributed by atoms with Crippen LogP contribution in [0.1, 0.15) is 27.2 Å². The zero-order chi connectivity index (χ0) is 9.07. The highest BCUT2D eigenvalue weighted by atomic mass is 16.3. The first-order valence-corrected chi connectivity index (χ1v) is 3.54. The molecule has 1 atom stereocenters. The number of carbonyl (C=O) groups is 1. The van der Waals surface area contributed by atoms with Crippen molar-refractivity contribution in [2.24, 2.45) is 5.41 Å². The van der Waals surface area contributed by atoms with Gasteiger partial charge < -0.3 is 5.11 Å². The molecule has 0 fully saturated rings. The van der Waals surface area contributed by atoms with Crippen LogP contribution in [0.15, 0.2) is 0 Å². The summed E-state index contributed by atoms with van der Waals surface area (Å²) in [5.74, 6) is 1.93. The van der Waals surface area contributed by atoms with Crippen LogP contribution in [0.3, 0.4) is 0 Å². The van der Waals surface area contributed by atoms with Crippen LogP contribution in [0.2, 0.25) is 0 Å². The summed E-state index contributed by atoms with van der Waals surface area (Å²) in [6.07, 6.45) is 4.00. The summed E-state index contributed by atoms with van der Waals surface area (Å²) >= 11 is 0. The van der Waals surface area contributed by atoms with E-state index in [1.165, 1.54) is 0 Å². The number of terminal acetylenes is 1. The van der Waals surface area contributed by atoms with E-state index in [1.54, 1.807) is 20.8 Å². The zero-order valence-corrected chi connectivity index (χ0v) is 7.22. The summed E-state index contributed by atoms with van der Waals surface area (Å²) in [5, 5.41) is 9.34. The van der Waals surface area contributed by atoms with Gasteiger partial charge in [-0.15, -0.1) is 6.42 Å². The Balaban J connectivity index is 4.17. The normalized spacial score (nSPS) is 13.7. The minimum Gasteiger partial charge on any atom is -0.385 e. The van der Waals surface area contributed by atoms with Crippen LogP contribution in [0.5, 0.6) is 0 Å². The lowest BCUT2D eigenvalue weighted by Gasteiger charge is -2.23. The Labute approximate surface area is 67.6 Å². The first-order chi connectivity index (χ1) is 4.89. The quantitative estimate of drug-likeness (QED) is 0.602. The van der Waals surface area contributed by atoms with E-state index in [2.05, 4.69) is 5.92 Å². The molecule has 0 saturated heterocycles. The van der Waals surface area contributed by atoms with Gasteiger partial charge >= 0.3 is 0 Å². The van der Waals surface area contributed by atoms with E-state index < -0.39 is 11.5 Å². The number of aliphatic hydroxyl groups is 1. The van der Waals surface area contributed by atoms with Crippen molar-refractivity contribution in [2.45, 2.75) is 33.3 Å². The molecular formula is C9H14O2. The molecular weight excluding hydrogens is 140 g/mol. The van der Waals surface area contributed by atoms with Gasteiger partial charge in [-0.25, -0.2) is 0 Å². The summed E-state index contributed by atoms with van der Waals surface area (Å²) in [6.45, 7) is 5.39. The minimum absolute atomic E-state index is 0.0123. The SMILES string of the molecule is C#CCC(=O)C(O)C(C)(C)C. The summed E-state index contributed by atoms with van der Waals surface area (Å²) in [7, 11) is 0. The number of rotatable bonds is 2. The molecule has 1 N–H and O–H groups in total. The molecule has 0 heterocycles. The molecule has 0 bridgehead atoms. The molecule has 0 aromatic carbocycles. The highest BCUT2D eigenvalue weighted by Crippen LogP contribution is 2.20. The average Bonchev–Trinajstić information content (AvgIpc) is 1.85. The molecule has 11 heavy (non-hydrogen) atoms. The molecule has 0 aliphatic heterocycles. The van der Waals surface area contributed by atoms with Gasteiger partial charge in [0.2, 0.25) is 0 Å². The van der Waals surface area contributed by atoms with Gasteiger partial charge in [-0.05, 0) is 5.41 Å². The van der Waals surface area contributed by atoms with E-state index in [-0.39, 0.29) is 12.2 Å². The smallest absolute Gasteiger partial charge is 0.173 e. The molecule has 0 aromatic rings. The third-order valence-electron chi connectivity index (χ3n) is 1.40. The largest absolute Gasteiger partial charge is 0.385 e. The lowest BCUT2D eigenvalue weighted by molar-refractivity contribution is -0.131. The van der Waals surface area contributed by atoms with Crippen molar-refractivity contribution in [2.75, 3.05) is 0 Å². The van der Waals surface area contributed by atoms with Crippen LogP contribution in [0, 0.1) is 17.8 Å². The molecule has 1 unspecified atom stereocenters. The fraction of sp³-hybridized carbons (Fsp3) is 0.667. The van der Waals surface area contributed by atoms with Gasteiger partial charge in [0.25, 0.3) is 0 Å². The molecule has 0 aliphatic rings. The summed E-state index contributed by atoms with van der Waals surface area (Å²) in [5.41, 5.74) is -0.409. The Kier molecular flexibility index (Phi) is 3.28. The van der Waals surface area contributed by atoms with Crippen molar-refractivity contribution >= 4 is 5.78 Å². The maximum absolute atomic E-state index is 11.0. The minimum atomic E-state index is -0.946. The lowest BCUT2D eigenvalue weighted by Crippen LogP contribution is -2.33. The Morgan fingerprint density at radius 2 is 2.09 bits per heavy atom. The number of hydrogen-bond donors (Lipinski definition) is 1. The topological polar surface area (TPSA) is 37.3 Å². The molecule has 0 amide bonds. The van der Waals surface area contributed by atoms with Crippen molar-refractivity contribution in [1.82, 2.24) is 0 Å². The van der Waals surface area contributed by atoms with Gasteiger partial charge in [0.05, 0.1) is 6.42 Å². The predicted molar refractivity (Wildman–Crippen MR) is 43.9 cm³/mol. The van der Waals surface area contributed by atoms with Gasteiger partial charge in [-0.1, -0.05) is 26.7 Å². The zero-order valence-electron chi connectivity index (χ0n) is 7.22. The highest BCUT2D eigenvalue weighted by Gasteiger charge is 2.27. The fourth-order valence-corrected chi connectivity index (χ4v) is 0.680. The van der Waals surface area contributed by atoms with Gasteiger partial charge in [0.15, 0.2) is 5.78 Å². The number of carbonyl (C=O) groups excluding carboxylic acids is 1. The van der Waals surface area contributed by atoms with Gasteiger partial charge in [-0.2, -0.15) is 0 Å². The molecule has 0 saturated carbocycles. The average molecular weight is 154 g/mol. The second kappa shape index (κ2) is 3.54. The molecule has 0 spiro atoms. The number of hydrogen-bond acceptors (Lipinski definition) is 2. The second-order valence-electron chi connectivity index (χ2n) is 3.62. The molecule has 0 radical (unpaired) electrons. The summed E-state index contributed by atoms with van der Waals surface area (Å²) in [6, 6.07) is 0. The first kappa shape index (κ1) is 10.2. The molecule has 2 heteroatoms. The van der Waals surface area contributed by atoms with Crippen molar-refractivity contribution in [3.8, 4) is 12.3 Å². The van der Waals surface area contributed by atoms with Crippen molar-refractivity contribution in [1.29, 1.82) is 0 Å². The molecule has 2 nitrogen and oxygen atoms in total. The van der Waals surface area contributed by atoms with Gasteiger partial charge in [-0.3, -0.25) is 4.79 Å². The maximum atomic E-state index is 11.0. The van der Waals surface area contributed by atoms with Crippen molar-refractivity contribution in [3.05, 3.63) is 0 Å². The van der Waals surface area contributed by atoms with Crippen LogP contribution >= 0.6 is 0 Å². The van der Waals surface area contributed by atoms with Gasteiger partial charge in [0, 0.05) is 0 Å². The van der Waals surface area contributed by atoms with E-state index in [9.17, 15) is 9.90 Å². The monoisotopic (exact) mass is 154 g/mol. The predicted octanol–water partition coefficient (Wildman–Crippen LogP) is 0.986. The standard InChI is InChI=1S/C9H14O2/c1-5-6-7(10)8(11)9(2,3)4/h1,8,11H,6H2,2-4H3. The maximum Gasteiger partial charge on any atom is 0.173 e. The van der Waals surface area contributed by atoms with E-state index in [0.717, 1.165) is 0 Å². The van der Waals surface area contributed by atoms with E-state index >= 15 is 0 Å². The Bertz CT molecular complexity index is 181. The van der Waals surface area contributed by atoms with Crippen LogP contribution in [0.4, 0.5) is 0 Å². The molecule has 0 aliphatic carbocycles. The fourth-order valence-electron chi connectivity index (χ4n) is 0.680. The summed E-state index contributed by atoms with van der Waals surface area (Å²) in [4.78, 5) is 11.0. The van der Waals surface area contributed by atoms with Crippen LogP contribution in [-0.2, 0) is 4.79 Å². The third kappa shape index (κ3) is 3.20. The highest BCUT2D eigenvalue weighted by molar-refractivity contribution is 5.85.